The van der Waals surface area contributed by atoms with Gasteiger partial charge in [-0.2, -0.15) is 5.10 Å². The van der Waals surface area contributed by atoms with Crippen LogP contribution in [0.15, 0.2) is 43.2 Å². The lowest BCUT2D eigenvalue weighted by Gasteiger charge is -1.94. The van der Waals surface area contributed by atoms with E-state index in [9.17, 15) is 0 Å². The summed E-state index contributed by atoms with van der Waals surface area (Å²) in [6.45, 7) is 3.59. The molecule has 0 N–H and O–H groups in total. The van der Waals surface area contributed by atoms with Crippen molar-refractivity contribution in [3.05, 3.63) is 48.9 Å². The van der Waals surface area contributed by atoms with Gasteiger partial charge in [0.25, 0.3) is 0 Å². The highest BCUT2D eigenvalue weighted by Gasteiger charge is 2.08. The quantitative estimate of drug-likeness (QED) is 0.560. The number of fused-ring (bicyclic) bond motifs is 1. The van der Waals surface area contributed by atoms with E-state index in [4.69, 9.17) is 0 Å². The third-order valence-electron chi connectivity index (χ3n) is 3.53. The lowest BCUT2D eigenvalue weighted by atomic mass is 10.3. The lowest BCUT2D eigenvalue weighted by molar-refractivity contribution is 0.603. The van der Waals surface area contributed by atoms with Crippen LogP contribution < -0.4 is 0 Å². The molecule has 23 heavy (non-hydrogen) atoms. The van der Waals surface area contributed by atoms with E-state index in [-0.39, 0.29) is 0 Å². The van der Waals surface area contributed by atoms with Crippen LogP contribution in [-0.4, -0.2) is 39.1 Å². The lowest BCUT2D eigenvalue weighted by Crippen LogP contribution is -2.00. The molecule has 0 radical (unpaired) electrons. The van der Waals surface area contributed by atoms with Crippen LogP contribution in [0.3, 0.4) is 0 Å². The SMILES string of the molecule is CCCn1cc(-c2cn(Cc3cn4cccnc4n3)nn2)cn1. The van der Waals surface area contributed by atoms with Gasteiger partial charge in [-0.1, -0.05) is 12.1 Å². The Balaban J connectivity index is 1.55. The van der Waals surface area contributed by atoms with E-state index < -0.39 is 0 Å². The van der Waals surface area contributed by atoms with E-state index in [1.165, 1.54) is 0 Å². The third-order valence-corrected chi connectivity index (χ3v) is 3.53. The highest BCUT2D eigenvalue weighted by Crippen LogP contribution is 2.15. The fraction of sp³-hybridized carbons (Fsp3) is 0.267. The van der Waals surface area contributed by atoms with Gasteiger partial charge in [-0.15, -0.1) is 5.10 Å². The van der Waals surface area contributed by atoms with Crippen molar-refractivity contribution in [2.24, 2.45) is 0 Å². The Bertz CT molecular complexity index is 899. The average Bonchev–Trinajstić information content (AvgIpc) is 3.26. The van der Waals surface area contributed by atoms with E-state index in [0.717, 1.165) is 29.9 Å². The molecule has 0 atom stereocenters. The van der Waals surface area contributed by atoms with E-state index >= 15 is 0 Å². The number of hydrogen-bond donors (Lipinski definition) is 0. The molecular formula is C15H16N8. The molecule has 0 fully saturated rings. The van der Waals surface area contributed by atoms with Gasteiger partial charge in [0.2, 0.25) is 5.78 Å². The molecule has 0 saturated heterocycles. The van der Waals surface area contributed by atoms with Crippen LogP contribution in [-0.2, 0) is 13.1 Å². The molecular weight excluding hydrogens is 292 g/mol. The van der Waals surface area contributed by atoms with Crippen LogP contribution in [0.5, 0.6) is 0 Å². The molecule has 0 bridgehead atoms. The minimum atomic E-state index is 0.555. The summed E-state index contributed by atoms with van der Waals surface area (Å²) in [6.07, 6.45) is 12.4. The van der Waals surface area contributed by atoms with Crippen molar-refractivity contribution in [1.29, 1.82) is 0 Å². The van der Waals surface area contributed by atoms with E-state index in [0.29, 0.717) is 12.3 Å². The molecule has 8 heteroatoms. The van der Waals surface area contributed by atoms with Gasteiger partial charge in [0.1, 0.15) is 5.69 Å². The second-order valence-corrected chi connectivity index (χ2v) is 5.35. The smallest absolute Gasteiger partial charge is 0.233 e. The molecule has 0 aliphatic carbocycles. The van der Waals surface area contributed by atoms with E-state index in [1.807, 2.05) is 46.1 Å². The summed E-state index contributed by atoms with van der Waals surface area (Å²) < 4.78 is 5.58. The van der Waals surface area contributed by atoms with Gasteiger partial charge in [-0.3, -0.25) is 9.08 Å². The van der Waals surface area contributed by atoms with Gasteiger partial charge >= 0.3 is 0 Å². The molecule has 116 valence electrons. The fourth-order valence-electron chi connectivity index (χ4n) is 2.48. The van der Waals surface area contributed by atoms with Crippen LogP contribution >= 0.6 is 0 Å². The minimum absolute atomic E-state index is 0.555. The molecule has 4 heterocycles. The Hall–Kier alpha value is -3.03. The average molecular weight is 308 g/mol. The zero-order valence-corrected chi connectivity index (χ0v) is 12.7. The summed E-state index contributed by atoms with van der Waals surface area (Å²) in [5.41, 5.74) is 2.68. The highest BCUT2D eigenvalue weighted by atomic mass is 15.4. The number of nitrogens with zero attached hydrogens (tertiary/aromatic N) is 8. The van der Waals surface area contributed by atoms with Crippen molar-refractivity contribution in [2.45, 2.75) is 26.4 Å². The maximum atomic E-state index is 4.47. The number of imidazole rings is 1. The first-order valence-corrected chi connectivity index (χ1v) is 7.53. The first kappa shape index (κ1) is 13.6. The van der Waals surface area contributed by atoms with Gasteiger partial charge in [0.15, 0.2) is 0 Å². The van der Waals surface area contributed by atoms with Gasteiger partial charge in [0.05, 0.1) is 24.6 Å². The monoisotopic (exact) mass is 308 g/mol. The number of aromatic nitrogens is 8. The van der Waals surface area contributed by atoms with E-state index in [1.54, 1.807) is 10.9 Å². The Kier molecular flexibility index (Phi) is 3.34. The Morgan fingerprint density at radius 3 is 2.96 bits per heavy atom. The Labute approximate surface area is 132 Å². The van der Waals surface area contributed by atoms with Crippen molar-refractivity contribution >= 4 is 5.78 Å². The van der Waals surface area contributed by atoms with Gasteiger partial charge in [-0.05, 0) is 12.5 Å². The van der Waals surface area contributed by atoms with Gasteiger partial charge < -0.3 is 0 Å². The van der Waals surface area contributed by atoms with Crippen molar-refractivity contribution in [3.63, 3.8) is 0 Å². The molecule has 0 spiro atoms. The van der Waals surface area contributed by atoms with Crippen molar-refractivity contribution < 1.29 is 0 Å². The second kappa shape index (κ2) is 5.64. The summed E-state index contributed by atoms with van der Waals surface area (Å²) in [7, 11) is 0. The number of hydrogen-bond acceptors (Lipinski definition) is 5. The number of aryl methyl sites for hydroxylation is 1. The van der Waals surface area contributed by atoms with Crippen molar-refractivity contribution in [1.82, 2.24) is 39.1 Å². The molecule has 0 amide bonds. The highest BCUT2D eigenvalue weighted by molar-refractivity contribution is 5.55. The standard InChI is InChI=1S/C15H16N8/c1-2-5-22-8-12(7-17-22)14-11-23(20-19-14)10-13-9-21-6-3-4-16-15(21)18-13/h3-4,6-9,11H,2,5,10H2,1H3. The zero-order valence-electron chi connectivity index (χ0n) is 12.7. The molecule has 0 unspecified atom stereocenters. The molecule has 8 nitrogen and oxygen atoms in total. The van der Waals surface area contributed by atoms with Gasteiger partial charge in [0, 0.05) is 36.9 Å². The van der Waals surface area contributed by atoms with Crippen molar-refractivity contribution in [2.75, 3.05) is 0 Å². The predicted octanol–water partition coefficient (Wildman–Crippen LogP) is 1.64. The zero-order chi connectivity index (χ0) is 15.6. The summed E-state index contributed by atoms with van der Waals surface area (Å²) in [4.78, 5) is 8.68. The summed E-state index contributed by atoms with van der Waals surface area (Å²) in [5, 5.41) is 12.7. The summed E-state index contributed by atoms with van der Waals surface area (Å²) in [6, 6.07) is 1.87. The van der Waals surface area contributed by atoms with Crippen molar-refractivity contribution in [3.8, 4) is 11.3 Å². The van der Waals surface area contributed by atoms with Crippen LogP contribution in [0, 0.1) is 0 Å². The molecule has 0 aromatic carbocycles. The van der Waals surface area contributed by atoms with Crippen LogP contribution in [0.1, 0.15) is 19.0 Å². The molecule has 0 aliphatic heterocycles. The van der Waals surface area contributed by atoms with Crippen LogP contribution in [0.25, 0.3) is 17.0 Å². The minimum Gasteiger partial charge on any atom is -0.291 e. The van der Waals surface area contributed by atoms with Gasteiger partial charge in [-0.25, -0.2) is 14.6 Å². The summed E-state index contributed by atoms with van der Waals surface area (Å²) in [5.74, 6) is 0.684. The molecule has 0 saturated carbocycles. The molecule has 4 aromatic rings. The van der Waals surface area contributed by atoms with Crippen LogP contribution in [0.2, 0.25) is 0 Å². The molecule has 4 aromatic heterocycles. The molecule has 4 rings (SSSR count). The largest absolute Gasteiger partial charge is 0.291 e. The topological polar surface area (TPSA) is 78.7 Å². The fourth-order valence-corrected chi connectivity index (χ4v) is 2.48. The number of rotatable bonds is 5. The summed E-state index contributed by atoms with van der Waals surface area (Å²) >= 11 is 0. The molecule has 0 aliphatic rings. The normalized spacial score (nSPS) is 11.3. The first-order chi connectivity index (χ1) is 11.3. The predicted molar refractivity (Wildman–Crippen MR) is 83.6 cm³/mol. The second-order valence-electron chi connectivity index (χ2n) is 5.35. The Morgan fingerprint density at radius 2 is 2.09 bits per heavy atom. The van der Waals surface area contributed by atoms with Crippen LogP contribution in [0.4, 0.5) is 0 Å². The Morgan fingerprint density at radius 1 is 1.13 bits per heavy atom. The third kappa shape index (κ3) is 2.70. The first-order valence-electron chi connectivity index (χ1n) is 7.53. The van der Waals surface area contributed by atoms with E-state index in [2.05, 4.69) is 32.3 Å². The maximum Gasteiger partial charge on any atom is 0.233 e. The maximum absolute atomic E-state index is 4.47.